The highest BCUT2D eigenvalue weighted by Gasteiger charge is 2.25. The number of fused-ring (bicyclic) bond motifs is 3. The second-order valence-corrected chi connectivity index (χ2v) is 10.4. The van der Waals surface area contributed by atoms with Gasteiger partial charge in [-0.3, -0.25) is 4.90 Å². The van der Waals surface area contributed by atoms with Gasteiger partial charge in [0.05, 0.1) is 4.47 Å². The summed E-state index contributed by atoms with van der Waals surface area (Å²) in [6.45, 7) is 9.71. The van der Waals surface area contributed by atoms with Crippen LogP contribution in [0.1, 0.15) is 33.0 Å². The molecule has 3 aromatic heterocycles. The SMILES string of the molecule is CSc1ncc2cc(Br)c3nc(CCCN4CCN(C(=O)OC(C)(C)C)CC4)nn3c2n1. The molecule has 0 N–H and O–H groups in total. The zero-order valence-corrected chi connectivity index (χ0v) is 21.2. The molecular formula is C21H28BrN7O2S. The fourth-order valence-electron chi connectivity index (χ4n) is 3.64. The minimum Gasteiger partial charge on any atom is -0.444 e. The molecule has 0 atom stereocenters. The van der Waals surface area contributed by atoms with Crippen LogP contribution in [-0.4, -0.2) is 85.0 Å². The first-order valence-corrected chi connectivity index (χ1v) is 12.7. The second-order valence-electron chi connectivity index (χ2n) is 8.80. The summed E-state index contributed by atoms with van der Waals surface area (Å²) in [6, 6.07) is 1.98. The number of halogens is 1. The van der Waals surface area contributed by atoms with E-state index in [9.17, 15) is 4.79 Å². The average Bonchev–Trinajstić information content (AvgIpc) is 3.18. The molecule has 11 heteroatoms. The Labute approximate surface area is 200 Å². The van der Waals surface area contributed by atoms with Crippen molar-refractivity contribution in [1.29, 1.82) is 0 Å². The van der Waals surface area contributed by atoms with E-state index in [2.05, 4.69) is 30.8 Å². The fraction of sp³-hybridized carbons (Fsp3) is 0.571. The van der Waals surface area contributed by atoms with Gasteiger partial charge in [0.2, 0.25) is 0 Å². The molecule has 0 bridgehead atoms. The predicted molar refractivity (Wildman–Crippen MR) is 128 cm³/mol. The summed E-state index contributed by atoms with van der Waals surface area (Å²) in [7, 11) is 0. The molecule has 0 aliphatic carbocycles. The van der Waals surface area contributed by atoms with Crippen LogP contribution in [0.3, 0.4) is 0 Å². The molecule has 172 valence electrons. The summed E-state index contributed by atoms with van der Waals surface area (Å²) in [5.41, 5.74) is 1.07. The van der Waals surface area contributed by atoms with Crippen molar-refractivity contribution in [2.24, 2.45) is 0 Å². The molecule has 4 heterocycles. The van der Waals surface area contributed by atoms with E-state index in [-0.39, 0.29) is 6.09 Å². The molecule has 1 fully saturated rings. The second kappa shape index (κ2) is 9.48. The van der Waals surface area contributed by atoms with E-state index >= 15 is 0 Å². The minimum absolute atomic E-state index is 0.225. The molecular weight excluding hydrogens is 494 g/mol. The molecule has 9 nitrogen and oxygen atoms in total. The molecule has 0 saturated carbocycles. The zero-order chi connectivity index (χ0) is 22.9. The highest BCUT2D eigenvalue weighted by atomic mass is 79.9. The number of ether oxygens (including phenoxy) is 1. The van der Waals surface area contributed by atoms with Crippen LogP contribution in [0.2, 0.25) is 0 Å². The first-order chi connectivity index (χ1) is 15.2. The highest BCUT2D eigenvalue weighted by molar-refractivity contribution is 9.10. The normalized spacial score (nSPS) is 15.6. The van der Waals surface area contributed by atoms with Crippen molar-refractivity contribution in [2.75, 3.05) is 39.0 Å². The van der Waals surface area contributed by atoms with Crippen molar-refractivity contribution < 1.29 is 9.53 Å². The van der Waals surface area contributed by atoms with Gasteiger partial charge in [-0.2, -0.15) is 4.52 Å². The lowest BCUT2D eigenvalue weighted by atomic mass is 10.2. The standard InChI is InChI=1S/C21H28BrN7O2S/c1-21(2,3)31-20(30)28-10-8-27(9-11-28)7-5-6-16-24-18-15(22)12-14-13-23-19(32-4)25-17(14)29(18)26-16/h12-13H,5-11H2,1-4H3. The molecule has 32 heavy (non-hydrogen) atoms. The van der Waals surface area contributed by atoms with E-state index in [0.717, 1.165) is 59.5 Å². The molecule has 4 rings (SSSR count). The van der Waals surface area contributed by atoms with Crippen molar-refractivity contribution in [3.05, 3.63) is 22.6 Å². The maximum Gasteiger partial charge on any atom is 0.410 e. The summed E-state index contributed by atoms with van der Waals surface area (Å²) in [5.74, 6) is 0.801. The van der Waals surface area contributed by atoms with Gasteiger partial charge in [0.1, 0.15) is 5.60 Å². The van der Waals surface area contributed by atoms with E-state index in [4.69, 9.17) is 14.8 Å². The summed E-state index contributed by atoms with van der Waals surface area (Å²) >= 11 is 5.10. The monoisotopic (exact) mass is 521 g/mol. The number of hydrogen-bond acceptors (Lipinski definition) is 8. The smallest absolute Gasteiger partial charge is 0.410 e. The third-order valence-corrected chi connectivity index (χ3v) is 6.35. The number of aromatic nitrogens is 5. The van der Waals surface area contributed by atoms with Crippen molar-refractivity contribution in [2.45, 2.75) is 44.4 Å². The van der Waals surface area contributed by atoms with E-state index in [1.165, 1.54) is 11.8 Å². The van der Waals surface area contributed by atoms with Crippen LogP contribution in [0.25, 0.3) is 16.7 Å². The minimum atomic E-state index is -0.460. The van der Waals surface area contributed by atoms with Gasteiger partial charge in [0.25, 0.3) is 0 Å². The first-order valence-electron chi connectivity index (χ1n) is 10.7. The van der Waals surface area contributed by atoms with Gasteiger partial charge >= 0.3 is 6.09 Å². The lowest BCUT2D eigenvalue weighted by Crippen LogP contribution is -2.50. The van der Waals surface area contributed by atoms with Gasteiger partial charge in [-0.15, -0.1) is 5.10 Å². The van der Waals surface area contributed by atoms with Crippen LogP contribution < -0.4 is 0 Å². The van der Waals surface area contributed by atoms with Gasteiger partial charge in [-0.1, -0.05) is 11.8 Å². The molecule has 1 aliphatic rings. The topological polar surface area (TPSA) is 88.8 Å². The number of nitrogens with zero attached hydrogens (tertiary/aromatic N) is 7. The van der Waals surface area contributed by atoms with E-state index < -0.39 is 5.60 Å². The van der Waals surface area contributed by atoms with Crippen LogP contribution in [0.4, 0.5) is 4.79 Å². The predicted octanol–water partition coefficient (Wildman–Crippen LogP) is 3.64. The van der Waals surface area contributed by atoms with Crippen LogP contribution in [0.15, 0.2) is 21.9 Å². The molecule has 1 saturated heterocycles. The number of hydrogen-bond donors (Lipinski definition) is 0. The number of amides is 1. The van der Waals surface area contributed by atoms with E-state index in [0.29, 0.717) is 18.2 Å². The Kier molecular flexibility index (Phi) is 6.87. The maximum absolute atomic E-state index is 12.2. The number of aryl methyl sites for hydroxylation is 1. The number of thioether (sulfide) groups is 1. The lowest BCUT2D eigenvalue weighted by molar-refractivity contribution is 0.0144. The van der Waals surface area contributed by atoms with Crippen LogP contribution in [-0.2, 0) is 11.2 Å². The summed E-state index contributed by atoms with van der Waals surface area (Å²) in [4.78, 5) is 30.1. The quantitative estimate of drug-likeness (QED) is 0.371. The third kappa shape index (κ3) is 5.32. The molecule has 0 radical (unpaired) electrons. The Morgan fingerprint density at radius 3 is 2.62 bits per heavy atom. The van der Waals surface area contributed by atoms with Crippen LogP contribution >= 0.6 is 27.7 Å². The Hall–Kier alpha value is -1.98. The van der Waals surface area contributed by atoms with Crippen molar-refractivity contribution >= 4 is 50.5 Å². The Balaban J connectivity index is 1.35. The van der Waals surface area contributed by atoms with Gasteiger partial charge in [0.15, 0.2) is 22.3 Å². The van der Waals surface area contributed by atoms with Crippen molar-refractivity contribution in [3.63, 3.8) is 0 Å². The number of carbonyl (C=O) groups excluding carboxylic acids is 1. The highest BCUT2D eigenvalue weighted by Crippen LogP contribution is 2.24. The van der Waals surface area contributed by atoms with E-state index in [1.54, 1.807) is 9.42 Å². The molecule has 1 amide bonds. The average molecular weight is 522 g/mol. The van der Waals surface area contributed by atoms with Gasteiger partial charge < -0.3 is 9.64 Å². The fourth-order valence-corrected chi connectivity index (χ4v) is 4.48. The molecule has 3 aromatic rings. The zero-order valence-electron chi connectivity index (χ0n) is 18.8. The van der Waals surface area contributed by atoms with Crippen LogP contribution in [0.5, 0.6) is 0 Å². The maximum atomic E-state index is 12.2. The summed E-state index contributed by atoms with van der Waals surface area (Å²) in [6.07, 6.45) is 5.28. The molecule has 0 unspecified atom stereocenters. The number of carbonyl (C=O) groups is 1. The summed E-state index contributed by atoms with van der Waals surface area (Å²) in [5, 5.41) is 6.35. The Morgan fingerprint density at radius 2 is 1.94 bits per heavy atom. The number of piperazine rings is 1. The number of pyridine rings is 1. The van der Waals surface area contributed by atoms with Gasteiger partial charge in [-0.25, -0.2) is 19.7 Å². The lowest BCUT2D eigenvalue weighted by Gasteiger charge is -2.35. The molecule has 0 aromatic carbocycles. The first kappa shape index (κ1) is 23.2. The van der Waals surface area contributed by atoms with Crippen LogP contribution in [0, 0.1) is 0 Å². The molecule has 1 aliphatic heterocycles. The number of rotatable bonds is 5. The third-order valence-electron chi connectivity index (χ3n) is 5.20. The van der Waals surface area contributed by atoms with E-state index in [1.807, 2.05) is 39.3 Å². The summed E-state index contributed by atoms with van der Waals surface area (Å²) < 4.78 is 8.15. The van der Waals surface area contributed by atoms with Gasteiger partial charge in [0, 0.05) is 44.2 Å². The Morgan fingerprint density at radius 1 is 1.19 bits per heavy atom. The van der Waals surface area contributed by atoms with Crippen molar-refractivity contribution in [3.8, 4) is 0 Å². The van der Waals surface area contributed by atoms with Crippen molar-refractivity contribution in [1.82, 2.24) is 34.4 Å². The molecule has 0 spiro atoms. The van der Waals surface area contributed by atoms with Gasteiger partial charge in [-0.05, 0) is 62.0 Å². The Bertz CT molecular complexity index is 1120. The largest absolute Gasteiger partial charge is 0.444 e.